The highest BCUT2D eigenvalue weighted by Gasteiger charge is 2.21. The van der Waals surface area contributed by atoms with Gasteiger partial charge in [-0.1, -0.05) is 45.0 Å². The minimum Gasteiger partial charge on any atom is -0.377 e. The normalized spacial score (nSPS) is 15.6. The van der Waals surface area contributed by atoms with Crippen molar-refractivity contribution in [3.63, 3.8) is 0 Å². The Morgan fingerprint density at radius 3 is 2.48 bits per heavy atom. The zero-order chi connectivity index (χ0) is 18.1. The number of urea groups is 1. The highest BCUT2D eigenvalue weighted by molar-refractivity contribution is 5.74. The van der Waals surface area contributed by atoms with Crippen LogP contribution >= 0.6 is 0 Å². The molecule has 0 aromatic heterocycles. The Balaban J connectivity index is 1.79. The summed E-state index contributed by atoms with van der Waals surface area (Å²) in [6.07, 6.45) is 1.02. The molecule has 1 saturated heterocycles. The molecule has 5 nitrogen and oxygen atoms in total. The molecule has 1 aliphatic heterocycles. The summed E-state index contributed by atoms with van der Waals surface area (Å²) < 4.78 is 5.65. The van der Waals surface area contributed by atoms with E-state index in [-0.39, 0.29) is 6.03 Å². The standard InChI is InChI=1S/C20H33N3O2/c1-4-13-25-16-19-8-6-5-7-18(19)14-21-20(24)23-11-9-22(10-12-23)15-17(2)3/h5-8,17H,4,9-16H2,1-3H3,(H,21,24). The van der Waals surface area contributed by atoms with Crippen LogP contribution in [0.15, 0.2) is 24.3 Å². The molecule has 1 N–H and O–H groups in total. The van der Waals surface area contributed by atoms with Crippen molar-refractivity contribution in [3.05, 3.63) is 35.4 Å². The van der Waals surface area contributed by atoms with Gasteiger partial charge in [0.25, 0.3) is 0 Å². The summed E-state index contributed by atoms with van der Waals surface area (Å²) in [6, 6.07) is 8.20. The first-order chi connectivity index (χ1) is 12.1. The molecule has 2 amide bonds. The van der Waals surface area contributed by atoms with Crippen molar-refractivity contribution < 1.29 is 9.53 Å². The number of amides is 2. The maximum Gasteiger partial charge on any atom is 0.317 e. The summed E-state index contributed by atoms with van der Waals surface area (Å²) in [4.78, 5) is 16.8. The van der Waals surface area contributed by atoms with Gasteiger partial charge in [0.2, 0.25) is 0 Å². The Morgan fingerprint density at radius 2 is 1.84 bits per heavy atom. The summed E-state index contributed by atoms with van der Waals surface area (Å²) in [5, 5.41) is 3.07. The summed E-state index contributed by atoms with van der Waals surface area (Å²) in [7, 11) is 0. The molecule has 0 unspecified atom stereocenters. The average molecular weight is 348 g/mol. The molecule has 2 rings (SSSR count). The van der Waals surface area contributed by atoms with E-state index in [9.17, 15) is 4.79 Å². The summed E-state index contributed by atoms with van der Waals surface area (Å²) in [5.74, 6) is 0.673. The number of ether oxygens (including phenoxy) is 1. The third-order valence-electron chi connectivity index (χ3n) is 4.44. The number of hydrogen-bond acceptors (Lipinski definition) is 3. The molecule has 0 spiro atoms. The molecule has 1 aromatic carbocycles. The molecule has 0 aliphatic carbocycles. The minimum absolute atomic E-state index is 0.0356. The zero-order valence-corrected chi connectivity index (χ0v) is 16.0. The predicted molar refractivity (Wildman–Crippen MR) is 101 cm³/mol. The van der Waals surface area contributed by atoms with Gasteiger partial charge in [-0.05, 0) is 23.5 Å². The van der Waals surface area contributed by atoms with Crippen LogP contribution in [0.25, 0.3) is 0 Å². The molecule has 1 aromatic rings. The molecule has 0 bridgehead atoms. The monoisotopic (exact) mass is 347 g/mol. The molecular weight excluding hydrogens is 314 g/mol. The van der Waals surface area contributed by atoms with Crippen molar-refractivity contribution in [2.75, 3.05) is 39.3 Å². The smallest absolute Gasteiger partial charge is 0.317 e. The van der Waals surface area contributed by atoms with Gasteiger partial charge in [0.15, 0.2) is 0 Å². The Bertz CT molecular complexity index is 525. The molecule has 140 valence electrons. The van der Waals surface area contributed by atoms with Gasteiger partial charge in [0.1, 0.15) is 0 Å². The predicted octanol–water partition coefficient (Wildman–Crippen LogP) is 3.10. The Morgan fingerprint density at radius 1 is 1.16 bits per heavy atom. The summed E-state index contributed by atoms with van der Waals surface area (Å²) in [5.41, 5.74) is 2.28. The third kappa shape index (κ3) is 6.67. The van der Waals surface area contributed by atoms with E-state index in [1.165, 1.54) is 0 Å². The number of carbonyl (C=O) groups is 1. The van der Waals surface area contributed by atoms with Gasteiger partial charge in [0.05, 0.1) is 6.61 Å². The number of nitrogens with zero attached hydrogens (tertiary/aromatic N) is 2. The molecule has 1 fully saturated rings. The van der Waals surface area contributed by atoms with E-state index in [0.717, 1.165) is 56.9 Å². The molecule has 0 atom stereocenters. The lowest BCUT2D eigenvalue weighted by atomic mass is 10.1. The molecule has 1 heterocycles. The van der Waals surface area contributed by atoms with E-state index in [1.807, 2.05) is 17.0 Å². The first kappa shape index (κ1) is 19.7. The second kappa shape index (κ2) is 10.4. The van der Waals surface area contributed by atoms with Crippen LogP contribution in [0.5, 0.6) is 0 Å². The highest BCUT2D eigenvalue weighted by atomic mass is 16.5. The van der Waals surface area contributed by atoms with Crippen LogP contribution in [0, 0.1) is 5.92 Å². The van der Waals surface area contributed by atoms with Crippen molar-refractivity contribution in [2.24, 2.45) is 5.92 Å². The lowest BCUT2D eigenvalue weighted by Gasteiger charge is -2.35. The summed E-state index contributed by atoms with van der Waals surface area (Å²) >= 11 is 0. The van der Waals surface area contributed by atoms with Crippen molar-refractivity contribution in [1.29, 1.82) is 0 Å². The number of rotatable bonds is 8. The van der Waals surface area contributed by atoms with Crippen molar-refractivity contribution >= 4 is 6.03 Å². The van der Waals surface area contributed by atoms with E-state index in [4.69, 9.17) is 4.74 Å². The first-order valence-electron chi connectivity index (χ1n) is 9.49. The molecule has 0 saturated carbocycles. The number of carbonyl (C=O) groups excluding carboxylic acids is 1. The van der Waals surface area contributed by atoms with Crippen LogP contribution < -0.4 is 5.32 Å². The van der Waals surface area contributed by atoms with E-state index >= 15 is 0 Å². The molecular formula is C20H33N3O2. The highest BCUT2D eigenvalue weighted by Crippen LogP contribution is 2.11. The summed E-state index contributed by atoms with van der Waals surface area (Å²) in [6.45, 7) is 13.2. The SMILES string of the molecule is CCCOCc1ccccc1CNC(=O)N1CCN(CC(C)C)CC1. The molecule has 25 heavy (non-hydrogen) atoms. The Labute approximate surface area is 152 Å². The van der Waals surface area contributed by atoms with Gasteiger partial charge >= 0.3 is 6.03 Å². The number of hydrogen-bond donors (Lipinski definition) is 1. The lowest BCUT2D eigenvalue weighted by molar-refractivity contribution is 0.120. The van der Waals surface area contributed by atoms with Crippen LogP contribution in [-0.4, -0.2) is 55.2 Å². The van der Waals surface area contributed by atoms with Gasteiger partial charge in [-0.2, -0.15) is 0 Å². The van der Waals surface area contributed by atoms with E-state index in [1.54, 1.807) is 0 Å². The second-order valence-electron chi connectivity index (χ2n) is 7.16. The van der Waals surface area contributed by atoms with Crippen LogP contribution in [0.3, 0.4) is 0 Å². The number of benzene rings is 1. The van der Waals surface area contributed by atoms with E-state index < -0.39 is 0 Å². The van der Waals surface area contributed by atoms with Crippen LogP contribution in [-0.2, 0) is 17.9 Å². The van der Waals surface area contributed by atoms with Crippen LogP contribution in [0.2, 0.25) is 0 Å². The fourth-order valence-electron chi connectivity index (χ4n) is 3.13. The molecule has 5 heteroatoms. The van der Waals surface area contributed by atoms with E-state index in [2.05, 4.69) is 43.1 Å². The Kier molecular flexibility index (Phi) is 8.22. The van der Waals surface area contributed by atoms with Gasteiger partial charge in [0, 0.05) is 45.9 Å². The number of nitrogens with one attached hydrogen (secondary N) is 1. The maximum absolute atomic E-state index is 12.4. The zero-order valence-electron chi connectivity index (χ0n) is 16.0. The topological polar surface area (TPSA) is 44.8 Å². The van der Waals surface area contributed by atoms with Crippen LogP contribution in [0.1, 0.15) is 38.3 Å². The van der Waals surface area contributed by atoms with E-state index in [0.29, 0.717) is 19.1 Å². The van der Waals surface area contributed by atoms with Crippen molar-refractivity contribution in [3.8, 4) is 0 Å². The lowest BCUT2D eigenvalue weighted by Crippen LogP contribution is -2.52. The van der Waals surface area contributed by atoms with Crippen molar-refractivity contribution in [2.45, 2.75) is 40.3 Å². The maximum atomic E-state index is 12.4. The molecule has 0 radical (unpaired) electrons. The Hall–Kier alpha value is -1.59. The van der Waals surface area contributed by atoms with Gasteiger partial charge < -0.3 is 15.0 Å². The fourth-order valence-corrected chi connectivity index (χ4v) is 3.13. The molecule has 1 aliphatic rings. The van der Waals surface area contributed by atoms with Gasteiger partial charge in [-0.15, -0.1) is 0 Å². The average Bonchev–Trinajstić information content (AvgIpc) is 2.61. The van der Waals surface area contributed by atoms with Gasteiger partial charge in [-0.3, -0.25) is 4.90 Å². The van der Waals surface area contributed by atoms with Crippen LogP contribution in [0.4, 0.5) is 4.79 Å². The van der Waals surface area contributed by atoms with Crippen molar-refractivity contribution in [1.82, 2.24) is 15.1 Å². The fraction of sp³-hybridized carbons (Fsp3) is 0.650. The quantitative estimate of drug-likeness (QED) is 0.735. The number of piperazine rings is 1. The second-order valence-corrected chi connectivity index (χ2v) is 7.16. The third-order valence-corrected chi connectivity index (χ3v) is 4.44. The first-order valence-corrected chi connectivity index (χ1v) is 9.49. The minimum atomic E-state index is 0.0356. The van der Waals surface area contributed by atoms with Gasteiger partial charge in [-0.25, -0.2) is 4.79 Å². The largest absolute Gasteiger partial charge is 0.377 e.